The minimum absolute atomic E-state index is 0.312. The standard InChI is InChI=1S/C15H15ClFN/c1-10-7-11(9-18-2)3-5-13(10)14-6-4-12(17)8-15(14)16/h3-8,18H,9H2,1-2H3. The van der Waals surface area contributed by atoms with Crippen molar-refractivity contribution < 1.29 is 4.39 Å². The van der Waals surface area contributed by atoms with Crippen LogP contribution < -0.4 is 5.32 Å². The molecule has 0 atom stereocenters. The molecule has 0 saturated heterocycles. The fourth-order valence-corrected chi connectivity index (χ4v) is 2.32. The number of hydrogen-bond acceptors (Lipinski definition) is 1. The maximum atomic E-state index is 13.0. The molecule has 2 aromatic rings. The molecule has 0 aromatic heterocycles. The average Bonchev–Trinajstić information content (AvgIpc) is 2.31. The summed E-state index contributed by atoms with van der Waals surface area (Å²) in [5.41, 5.74) is 4.26. The molecule has 0 aliphatic heterocycles. The van der Waals surface area contributed by atoms with Crippen molar-refractivity contribution in [3.05, 3.63) is 58.4 Å². The van der Waals surface area contributed by atoms with Crippen molar-refractivity contribution >= 4 is 11.6 Å². The first-order valence-electron chi connectivity index (χ1n) is 5.81. The normalized spacial score (nSPS) is 10.7. The average molecular weight is 264 g/mol. The van der Waals surface area contributed by atoms with Gasteiger partial charge in [0, 0.05) is 12.1 Å². The Balaban J connectivity index is 2.44. The molecule has 0 aliphatic rings. The molecule has 2 aromatic carbocycles. The lowest BCUT2D eigenvalue weighted by Crippen LogP contribution is -2.05. The maximum Gasteiger partial charge on any atom is 0.124 e. The molecule has 18 heavy (non-hydrogen) atoms. The van der Waals surface area contributed by atoms with Gasteiger partial charge in [0.2, 0.25) is 0 Å². The Labute approximate surface area is 112 Å². The molecule has 0 spiro atoms. The third kappa shape index (κ3) is 2.71. The molecular weight excluding hydrogens is 249 g/mol. The van der Waals surface area contributed by atoms with Gasteiger partial charge in [0.15, 0.2) is 0 Å². The molecule has 0 bridgehead atoms. The summed E-state index contributed by atoms with van der Waals surface area (Å²) in [5.74, 6) is -0.312. The van der Waals surface area contributed by atoms with Gasteiger partial charge >= 0.3 is 0 Å². The summed E-state index contributed by atoms with van der Waals surface area (Å²) in [6.07, 6.45) is 0. The molecular formula is C15H15ClFN. The number of rotatable bonds is 3. The minimum Gasteiger partial charge on any atom is -0.316 e. The second-order valence-electron chi connectivity index (χ2n) is 4.30. The predicted octanol–water partition coefficient (Wildman–Crippen LogP) is 4.17. The third-order valence-corrected chi connectivity index (χ3v) is 3.21. The first-order chi connectivity index (χ1) is 8.61. The maximum absolute atomic E-state index is 13.0. The van der Waals surface area contributed by atoms with Gasteiger partial charge in [0.05, 0.1) is 5.02 Å². The van der Waals surface area contributed by atoms with Gasteiger partial charge in [-0.1, -0.05) is 29.8 Å². The van der Waals surface area contributed by atoms with Crippen LogP contribution in [0.15, 0.2) is 36.4 Å². The Morgan fingerprint density at radius 3 is 2.44 bits per heavy atom. The van der Waals surface area contributed by atoms with E-state index in [4.69, 9.17) is 11.6 Å². The Hall–Kier alpha value is -1.38. The lowest BCUT2D eigenvalue weighted by molar-refractivity contribution is 0.628. The Morgan fingerprint density at radius 2 is 1.83 bits per heavy atom. The Morgan fingerprint density at radius 1 is 1.11 bits per heavy atom. The van der Waals surface area contributed by atoms with Crippen molar-refractivity contribution in [1.29, 1.82) is 0 Å². The molecule has 0 aliphatic carbocycles. The summed E-state index contributed by atoms with van der Waals surface area (Å²) < 4.78 is 13.0. The Kier molecular flexibility index (Phi) is 4.00. The van der Waals surface area contributed by atoms with Gasteiger partial charge in [0.1, 0.15) is 5.82 Å². The van der Waals surface area contributed by atoms with E-state index in [1.54, 1.807) is 6.07 Å². The molecule has 1 N–H and O–H groups in total. The molecule has 0 fully saturated rings. The van der Waals surface area contributed by atoms with Gasteiger partial charge in [-0.2, -0.15) is 0 Å². The summed E-state index contributed by atoms with van der Waals surface area (Å²) in [6.45, 7) is 2.87. The SMILES string of the molecule is CNCc1ccc(-c2ccc(F)cc2Cl)c(C)c1. The molecule has 3 heteroatoms. The van der Waals surface area contributed by atoms with Gasteiger partial charge in [-0.05, 0) is 48.9 Å². The highest BCUT2D eigenvalue weighted by Gasteiger charge is 2.07. The minimum atomic E-state index is -0.312. The first kappa shape index (κ1) is 13.1. The number of benzene rings is 2. The van der Waals surface area contributed by atoms with E-state index in [0.717, 1.165) is 23.2 Å². The lowest BCUT2D eigenvalue weighted by atomic mass is 9.98. The zero-order valence-electron chi connectivity index (χ0n) is 10.4. The lowest BCUT2D eigenvalue weighted by Gasteiger charge is -2.10. The quantitative estimate of drug-likeness (QED) is 0.876. The van der Waals surface area contributed by atoms with Crippen LogP contribution in [0.2, 0.25) is 5.02 Å². The van der Waals surface area contributed by atoms with Gasteiger partial charge < -0.3 is 5.32 Å². The fraction of sp³-hybridized carbons (Fsp3) is 0.200. The molecule has 0 heterocycles. The zero-order chi connectivity index (χ0) is 13.1. The van der Waals surface area contributed by atoms with Crippen LogP contribution in [0.1, 0.15) is 11.1 Å². The molecule has 0 radical (unpaired) electrons. The van der Waals surface area contributed by atoms with E-state index in [1.807, 2.05) is 20.0 Å². The summed E-state index contributed by atoms with van der Waals surface area (Å²) in [4.78, 5) is 0. The van der Waals surface area contributed by atoms with Crippen LogP contribution >= 0.6 is 11.6 Å². The van der Waals surface area contributed by atoms with Gasteiger partial charge in [0.25, 0.3) is 0 Å². The van der Waals surface area contributed by atoms with Crippen LogP contribution in [0, 0.1) is 12.7 Å². The van der Waals surface area contributed by atoms with Crippen LogP contribution in [0.25, 0.3) is 11.1 Å². The van der Waals surface area contributed by atoms with Crippen LogP contribution in [0.4, 0.5) is 4.39 Å². The molecule has 0 amide bonds. The molecule has 0 unspecified atom stereocenters. The van der Waals surface area contributed by atoms with Crippen molar-refractivity contribution in [3.63, 3.8) is 0 Å². The highest BCUT2D eigenvalue weighted by molar-refractivity contribution is 6.33. The van der Waals surface area contributed by atoms with Gasteiger partial charge in [-0.3, -0.25) is 0 Å². The van der Waals surface area contributed by atoms with E-state index < -0.39 is 0 Å². The summed E-state index contributed by atoms with van der Waals surface area (Å²) >= 11 is 6.08. The van der Waals surface area contributed by atoms with Gasteiger partial charge in [-0.15, -0.1) is 0 Å². The topological polar surface area (TPSA) is 12.0 Å². The zero-order valence-corrected chi connectivity index (χ0v) is 11.2. The smallest absolute Gasteiger partial charge is 0.124 e. The van der Waals surface area contributed by atoms with Crippen molar-refractivity contribution in [3.8, 4) is 11.1 Å². The van der Waals surface area contributed by atoms with Crippen molar-refractivity contribution in [2.45, 2.75) is 13.5 Å². The number of nitrogens with one attached hydrogen (secondary N) is 1. The third-order valence-electron chi connectivity index (χ3n) is 2.89. The van der Waals surface area contributed by atoms with E-state index in [2.05, 4.69) is 17.4 Å². The Bertz CT molecular complexity index is 566. The second kappa shape index (κ2) is 5.51. The van der Waals surface area contributed by atoms with Gasteiger partial charge in [-0.25, -0.2) is 4.39 Å². The highest BCUT2D eigenvalue weighted by atomic mass is 35.5. The van der Waals surface area contributed by atoms with E-state index in [0.29, 0.717) is 5.02 Å². The summed E-state index contributed by atoms with van der Waals surface area (Å²) in [7, 11) is 1.92. The van der Waals surface area contributed by atoms with Crippen molar-refractivity contribution in [2.24, 2.45) is 0 Å². The number of halogens is 2. The van der Waals surface area contributed by atoms with Crippen LogP contribution in [0.3, 0.4) is 0 Å². The first-order valence-corrected chi connectivity index (χ1v) is 6.19. The van der Waals surface area contributed by atoms with E-state index in [9.17, 15) is 4.39 Å². The van der Waals surface area contributed by atoms with Crippen LogP contribution in [-0.4, -0.2) is 7.05 Å². The van der Waals surface area contributed by atoms with E-state index >= 15 is 0 Å². The highest BCUT2D eigenvalue weighted by Crippen LogP contribution is 2.31. The summed E-state index contributed by atoms with van der Waals surface area (Å²) in [5, 5.41) is 3.56. The number of aryl methyl sites for hydroxylation is 1. The fourth-order valence-electron chi connectivity index (χ4n) is 2.05. The van der Waals surface area contributed by atoms with E-state index in [-0.39, 0.29) is 5.82 Å². The molecule has 0 saturated carbocycles. The van der Waals surface area contributed by atoms with Crippen molar-refractivity contribution in [1.82, 2.24) is 5.32 Å². The molecule has 2 rings (SSSR count). The molecule has 1 nitrogen and oxygen atoms in total. The van der Waals surface area contributed by atoms with E-state index in [1.165, 1.54) is 17.7 Å². The number of hydrogen-bond donors (Lipinski definition) is 1. The summed E-state index contributed by atoms with van der Waals surface area (Å²) in [6, 6.07) is 10.7. The van der Waals surface area contributed by atoms with Crippen LogP contribution in [0.5, 0.6) is 0 Å². The largest absolute Gasteiger partial charge is 0.316 e. The monoisotopic (exact) mass is 263 g/mol. The predicted molar refractivity (Wildman–Crippen MR) is 74.3 cm³/mol. The van der Waals surface area contributed by atoms with Crippen molar-refractivity contribution in [2.75, 3.05) is 7.05 Å². The second-order valence-corrected chi connectivity index (χ2v) is 4.71. The van der Waals surface area contributed by atoms with Crippen LogP contribution in [-0.2, 0) is 6.54 Å². The molecule has 94 valence electrons.